The van der Waals surface area contributed by atoms with Crippen molar-refractivity contribution in [1.29, 1.82) is 0 Å². The van der Waals surface area contributed by atoms with Gasteiger partial charge in [0.15, 0.2) is 0 Å². The lowest BCUT2D eigenvalue weighted by Crippen LogP contribution is -2.08. The lowest BCUT2D eigenvalue weighted by atomic mass is 10.1. The molecule has 1 fully saturated rings. The van der Waals surface area contributed by atoms with Gasteiger partial charge in [-0.1, -0.05) is 29.3 Å². The van der Waals surface area contributed by atoms with Crippen molar-refractivity contribution in [1.82, 2.24) is 5.32 Å². The van der Waals surface area contributed by atoms with E-state index in [0.717, 1.165) is 12.1 Å². The second-order valence-corrected chi connectivity index (χ2v) is 3.76. The first-order valence-corrected chi connectivity index (χ1v) is 4.80. The third-order valence-electron chi connectivity index (χ3n) is 2.03. The molecule has 0 bridgehead atoms. The molecule has 0 radical (unpaired) electrons. The van der Waals surface area contributed by atoms with Crippen LogP contribution in [0.2, 0.25) is 10.0 Å². The normalized spacial score (nSPS) is 22.2. The predicted octanol–water partition coefficient (Wildman–Crippen LogP) is 2.61. The van der Waals surface area contributed by atoms with Crippen molar-refractivity contribution in [2.45, 2.75) is 6.10 Å². The van der Waals surface area contributed by atoms with Gasteiger partial charge in [0.05, 0.1) is 12.8 Å². The molecule has 1 aromatic rings. The number of hydrogen-bond acceptors (Lipinski definition) is 2. The molecule has 13 heavy (non-hydrogen) atoms. The van der Waals surface area contributed by atoms with Crippen LogP contribution in [0.3, 0.4) is 0 Å². The van der Waals surface area contributed by atoms with E-state index in [0.29, 0.717) is 16.8 Å². The summed E-state index contributed by atoms with van der Waals surface area (Å²) in [6.07, 6.45) is 0.0600. The van der Waals surface area contributed by atoms with Crippen molar-refractivity contribution >= 4 is 23.2 Å². The van der Waals surface area contributed by atoms with Crippen molar-refractivity contribution in [3.8, 4) is 0 Å². The molecule has 2 rings (SSSR count). The minimum atomic E-state index is 0.0600. The quantitative estimate of drug-likeness (QED) is 0.782. The van der Waals surface area contributed by atoms with Crippen LogP contribution in [0, 0.1) is 0 Å². The van der Waals surface area contributed by atoms with Crippen molar-refractivity contribution in [3.63, 3.8) is 0 Å². The molecule has 0 aromatic heterocycles. The molecule has 0 spiro atoms. The topological polar surface area (TPSA) is 21.3 Å². The molecule has 1 saturated heterocycles. The Labute approximate surface area is 86.8 Å². The molecule has 1 aliphatic rings. The van der Waals surface area contributed by atoms with Gasteiger partial charge in [0.2, 0.25) is 0 Å². The summed E-state index contributed by atoms with van der Waals surface area (Å²) in [5, 5.41) is 4.42. The molecule has 0 saturated carbocycles. The Hall–Kier alpha value is -0.280. The molecule has 1 aliphatic heterocycles. The van der Waals surface area contributed by atoms with E-state index in [9.17, 15) is 0 Å². The van der Waals surface area contributed by atoms with E-state index in [1.165, 1.54) is 0 Å². The van der Waals surface area contributed by atoms with Gasteiger partial charge in [-0.2, -0.15) is 0 Å². The fourth-order valence-electron chi connectivity index (χ4n) is 1.37. The van der Waals surface area contributed by atoms with Gasteiger partial charge in [0.1, 0.15) is 0 Å². The second-order valence-electron chi connectivity index (χ2n) is 2.92. The molecule has 0 aliphatic carbocycles. The first-order valence-electron chi connectivity index (χ1n) is 4.04. The van der Waals surface area contributed by atoms with Crippen molar-refractivity contribution in [3.05, 3.63) is 33.8 Å². The minimum absolute atomic E-state index is 0.0600. The van der Waals surface area contributed by atoms with Crippen LogP contribution in [0.4, 0.5) is 0 Å². The third-order valence-corrected chi connectivity index (χ3v) is 2.59. The molecule has 0 amide bonds. The summed E-state index contributed by atoms with van der Waals surface area (Å²) >= 11 is 11.8. The van der Waals surface area contributed by atoms with Crippen LogP contribution in [0.15, 0.2) is 18.2 Å². The number of ether oxygens (including phenoxy) is 1. The zero-order valence-corrected chi connectivity index (χ0v) is 8.40. The highest BCUT2D eigenvalue weighted by Crippen LogP contribution is 2.29. The van der Waals surface area contributed by atoms with Crippen LogP contribution in [-0.2, 0) is 4.74 Å². The van der Waals surface area contributed by atoms with Crippen molar-refractivity contribution in [2.24, 2.45) is 0 Å². The average Bonchev–Trinajstić information content (AvgIpc) is 2.56. The van der Waals surface area contributed by atoms with E-state index in [-0.39, 0.29) is 6.10 Å². The Morgan fingerprint density at radius 3 is 2.85 bits per heavy atom. The largest absolute Gasteiger partial charge is 0.357 e. The van der Waals surface area contributed by atoms with Crippen LogP contribution in [0.1, 0.15) is 11.7 Å². The minimum Gasteiger partial charge on any atom is -0.357 e. The zero-order valence-electron chi connectivity index (χ0n) is 6.89. The molecule has 1 unspecified atom stereocenters. The average molecular weight is 218 g/mol. The van der Waals surface area contributed by atoms with E-state index in [1.54, 1.807) is 6.07 Å². The maximum Gasteiger partial charge on any atom is 0.0982 e. The molecule has 1 heterocycles. The number of hydrogen-bond donors (Lipinski definition) is 1. The van der Waals surface area contributed by atoms with Crippen LogP contribution in [-0.4, -0.2) is 13.3 Å². The first-order chi connectivity index (χ1) is 6.27. The van der Waals surface area contributed by atoms with Crippen LogP contribution in [0.25, 0.3) is 0 Å². The summed E-state index contributed by atoms with van der Waals surface area (Å²) in [6, 6.07) is 5.47. The molecule has 1 N–H and O–H groups in total. The Morgan fingerprint density at radius 1 is 1.38 bits per heavy atom. The van der Waals surface area contributed by atoms with E-state index >= 15 is 0 Å². The maximum atomic E-state index is 6.02. The van der Waals surface area contributed by atoms with Crippen LogP contribution >= 0.6 is 23.2 Å². The molecular formula is C9H9Cl2NO. The highest BCUT2D eigenvalue weighted by molar-refractivity contribution is 6.35. The Morgan fingerprint density at radius 2 is 2.23 bits per heavy atom. The maximum absolute atomic E-state index is 6.02. The molecule has 2 nitrogen and oxygen atoms in total. The summed E-state index contributed by atoms with van der Waals surface area (Å²) in [4.78, 5) is 0. The zero-order chi connectivity index (χ0) is 9.26. The van der Waals surface area contributed by atoms with Crippen LogP contribution in [0.5, 0.6) is 0 Å². The standard InChI is InChI=1S/C9H9Cl2NO/c10-6-1-2-7(8(11)3-6)9-4-12-5-13-9/h1-3,9,12H,4-5H2. The SMILES string of the molecule is Clc1ccc(C2CNCO2)c(Cl)c1. The lowest BCUT2D eigenvalue weighted by Gasteiger charge is -2.10. The summed E-state index contributed by atoms with van der Waals surface area (Å²) in [5.41, 5.74) is 0.996. The summed E-state index contributed by atoms with van der Waals surface area (Å²) < 4.78 is 5.42. The monoisotopic (exact) mass is 217 g/mol. The summed E-state index contributed by atoms with van der Waals surface area (Å²) in [5.74, 6) is 0. The van der Waals surface area contributed by atoms with Gasteiger partial charge in [-0.3, -0.25) is 5.32 Å². The van der Waals surface area contributed by atoms with E-state index < -0.39 is 0 Å². The van der Waals surface area contributed by atoms with Gasteiger partial charge in [-0.05, 0) is 12.1 Å². The molecule has 1 aromatic carbocycles. The third kappa shape index (κ3) is 1.97. The van der Waals surface area contributed by atoms with E-state index in [4.69, 9.17) is 27.9 Å². The molecule has 70 valence electrons. The van der Waals surface area contributed by atoms with E-state index in [1.807, 2.05) is 12.1 Å². The molecule has 4 heteroatoms. The fourth-order valence-corrected chi connectivity index (χ4v) is 1.90. The highest BCUT2D eigenvalue weighted by Gasteiger charge is 2.19. The Balaban J connectivity index is 2.29. The van der Waals surface area contributed by atoms with E-state index in [2.05, 4.69) is 5.32 Å². The molecular weight excluding hydrogens is 209 g/mol. The van der Waals surface area contributed by atoms with Gasteiger partial charge in [0.25, 0.3) is 0 Å². The van der Waals surface area contributed by atoms with Gasteiger partial charge >= 0.3 is 0 Å². The number of halogens is 2. The number of rotatable bonds is 1. The van der Waals surface area contributed by atoms with Gasteiger partial charge in [0, 0.05) is 22.2 Å². The van der Waals surface area contributed by atoms with Gasteiger partial charge < -0.3 is 4.74 Å². The Bertz CT molecular complexity index is 310. The van der Waals surface area contributed by atoms with Gasteiger partial charge in [-0.25, -0.2) is 0 Å². The highest BCUT2D eigenvalue weighted by atomic mass is 35.5. The molecule has 1 atom stereocenters. The second kappa shape index (κ2) is 3.84. The van der Waals surface area contributed by atoms with Crippen LogP contribution < -0.4 is 5.32 Å². The number of benzene rings is 1. The van der Waals surface area contributed by atoms with Crippen molar-refractivity contribution < 1.29 is 4.74 Å². The smallest absolute Gasteiger partial charge is 0.0982 e. The lowest BCUT2D eigenvalue weighted by molar-refractivity contribution is 0.114. The Kier molecular flexibility index (Phi) is 2.74. The van der Waals surface area contributed by atoms with Gasteiger partial charge in [-0.15, -0.1) is 0 Å². The predicted molar refractivity (Wildman–Crippen MR) is 53.2 cm³/mol. The fraction of sp³-hybridized carbons (Fsp3) is 0.333. The van der Waals surface area contributed by atoms with Crippen molar-refractivity contribution in [2.75, 3.05) is 13.3 Å². The number of nitrogens with one attached hydrogen (secondary N) is 1. The summed E-state index contributed by atoms with van der Waals surface area (Å²) in [7, 11) is 0. The first kappa shape index (κ1) is 9.28. The summed E-state index contributed by atoms with van der Waals surface area (Å²) in [6.45, 7) is 1.39.